The number of rotatable bonds is 4. The predicted octanol–water partition coefficient (Wildman–Crippen LogP) is 12.5. The number of hydrogen-bond donors (Lipinski definition) is 0. The van der Waals surface area contributed by atoms with Crippen LogP contribution in [0.4, 0.5) is 0 Å². The molecular formula is C47H27N3O. The Morgan fingerprint density at radius 2 is 0.902 bits per heavy atom. The molecule has 236 valence electrons. The van der Waals surface area contributed by atoms with Gasteiger partial charge >= 0.3 is 0 Å². The van der Waals surface area contributed by atoms with Gasteiger partial charge in [0.25, 0.3) is 0 Å². The van der Waals surface area contributed by atoms with E-state index in [0.29, 0.717) is 17.5 Å². The van der Waals surface area contributed by atoms with Crippen molar-refractivity contribution in [2.45, 2.75) is 0 Å². The van der Waals surface area contributed by atoms with Crippen LogP contribution < -0.4 is 0 Å². The van der Waals surface area contributed by atoms with Crippen molar-refractivity contribution in [1.82, 2.24) is 15.0 Å². The average molecular weight is 650 g/mol. The van der Waals surface area contributed by atoms with Crippen LogP contribution in [0.15, 0.2) is 168 Å². The first-order valence-electron chi connectivity index (χ1n) is 17.2. The molecule has 51 heavy (non-hydrogen) atoms. The lowest BCUT2D eigenvalue weighted by Crippen LogP contribution is -2.00. The van der Waals surface area contributed by atoms with Gasteiger partial charge in [-0.15, -0.1) is 0 Å². The van der Waals surface area contributed by atoms with E-state index in [2.05, 4.69) is 103 Å². The molecule has 2 aromatic heterocycles. The van der Waals surface area contributed by atoms with E-state index in [-0.39, 0.29) is 0 Å². The largest absolute Gasteiger partial charge is 0.456 e. The van der Waals surface area contributed by atoms with Crippen molar-refractivity contribution in [3.8, 4) is 45.3 Å². The highest BCUT2D eigenvalue weighted by Crippen LogP contribution is 2.47. The second-order valence-electron chi connectivity index (χ2n) is 13.1. The van der Waals surface area contributed by atoms with Gasteiger partial charge in [-0.25, -0.2) is 15.0 Å². The smallest absolute Gasteiger partial charge is 0.164 e. The van der Waals surface area contributed by atoms with Gasteiger partial charge in [0.15, 0.2) is 17.5 Å². The molecule has 4 nitrogen and oxygen atoms in total. The zero-order valence-corrected chi connectivity index (χ0v) is 27.3. The van der Waals surface area contributed by atoms with Crippen molar-refractivity contribution in [2.24, 2.45) is 0 Å². The molecule has 0 amide bonds. The molecule has 0 spiro atoms. The molecule has 0 saturated carbocycles. The summed E-state index contributed by atoms with van der Waals surface area (Å²) in [6.45, 7) is 0. The Hall–Kier alpha value is -6.91. The van der Waals surface area contributed by atoms with Gasteiger partial charge in [0.2, 0.25) is 0 Å². The Kier molecular flexibility index (Phi) is 5.92. The molecule has 0 aliphatic heterocycles. The second-order valence-corrected chi connectivity index (χ2v) is 13.1. The fourth-order valence-corrected chi connectivity index (χ4v) is 7.98. The first-order chi connectivity index (χ1) is 25.3. The number of aromatic nitrogens is 3. The van der Waals surface area contributed by atoms with E-state index in [1.165, 1.54) is 43.1 Å². The monoisotopic (exact) mass is 649 g/mol. The Morgan fingerprint density at radius 3 is 1.65 bits per heavy atom. The number of fused-ring (bicyclic) bond motifs is 6. The van der Waals surface area contributed by atoms with Crippen molar-refractivity contribution >= 4 is 65.0 Å². The maximum Gasteiger partial charge on any atom is 0.164 e. The quantitative estimate of drug-likeness (QED) is 0.178. The van der Waals surface area contributed by atoms with Crippen molar-refractivity contribution in [2.75, 3.05) is 0 Å². The molecule has 9 aromatic carbocycles. The Morgan fingerprint density at radius 1 is 0.314 bits per heavy atom. The molecular weight excluding hydrogens is 623 g/mol. The van der Waals surface area contributed by atoms with Gasteiger partial charge in [0, 0.05) is 27.5 Å². The topological polar surface area (TPSA) is 51.8 Å². The van der Waals surface area contributed by atoms with Crippen LogP contribution >= 0.6 is 0 Å². The highest BCUT2D eigenvalue weighted by molar-refractivity contribution is 6.37. The molecule has 11 aromatic rings. The summed E-state index contributed by atoms with van der Waals surface area (Å²) < 4.78 is 6.65. The normalized spacial score (nSPS) is 11.9. The van der Waals surface area contributed by atoms with E-state index in [0.717, 1.165) is 49.8 Å². The fraction of sp³-hybridized carbons (Fsp3) is 0. The van der Waals surface area contributed by atoms with Crippen molar-refractivity contribution in [3.05, 3.63) is 164 Å². The molecule has 0 saturated heterocycles. The number of benzene rings is 9. The van der Waals surface area contributed by atoms with Gasteiger partial charge in [0.1, 0.15) is 11.2 Å². The summed E-state index contributed by atoms with van der Waals surface area (Å²) >= 11 is 0. The first-order valence-corrected chi connectivity index (χ1v) is 17.2. The summed E-state index contributed by atoms with van der Waals surface area (Å²) in [5.74, 6) is 1.93. The molecule has 4 heteroatoms. The van der Waals surface area contributed by atoms with Crippen LogP contribution in [-0.4, -0.2) is 15.0 Å². The third-order valence-electron chi connectivity index (χ3n) is 10.3. The van der Waals surface area contributed by atoms with Crippen LogP contribution in [0, 0.1) is 0 Å². The maximum atomic E-state index is 6.65. The summed E-state index contributed by atoms with van der Waals surface area (Å²) in [7, 11) is 0. The summed E-state index contributed by atoms with van der Waals surface area (Å²) in [5.41, 5.74) is 6.90. The van der Waals surface area contributed by atoms with Gasteiger partial charge in [-0.2, -0.15) is 0 Å². The molecule has 0 bridgehead atoms. The molecule has 2 heterocycles. The Labute approximate surface area is 292 Å². The number of furan rings is 1. The van der Waals surface area contributed by atoms with Crippen molar-refractivity contribution in [1.29, 1.82) is 0 Å². The van der Waals surface area contributed by atoms with Crippen LogP contribution in [-0.2, 0) is 0 Å². The van der Waals surface area contributed by atoms with E-state index >= 15 is 0 Å². The van der Waals surface area contributed by atoms with Crippen molar-refractivity contribution in [3.63, 3.8) is 0 Å². The van der Waals surface area contributed by atoms with Gasteiger partial charge in [0.05, 0.1) is 0 Å². The standard InChI is InChI=1S/C47H27N3O/c1-3-13-29(14-4-1)45-48-46(30-15-5-2-6-16-30)50-47(49-45)37-25-24-32(34-18-9-10-19-35(34)37)31-26-39-36-23-22-28-12-7-8-17-33(28)42(36)38-20-11-21-40-43(38)44(39)41(27-31)51-40/h1-27H. The maximum absolute atomic E-state index is 6.65. The van der Waals surface area contributed by atoms with E-state index in [4.69, 9.17) is 19.4 Å². The average Bonchev–Trinajstić information content (AvgIpc) is 3.59. The molecule has 0 radical (unpaired) electrons. The predicted molar refractivity (Wildman–Crippen MR) is 210 cm³/mol. The van der Waals surface area contributed by atoms with Gasteiger partial charge in [-0.3, -0.25) is 0 Å². The summed E-state index contributed by atoms with van der Waals surface area (Å²) in [6.07, 6.45) is 0. The summed E-state index contributed by atoms with van der Waals surface area (Å²) in [6, 6.07) is 57.3. The minimum atomic E-state index is 0.640. The molecule has 0 atom stereocenters. The minimum Gasteiger partial charge on any atom is -0.456 e. The zero-order valence-electron chi connectivity index (χ0n) is 27.3. The lowest BCUT2D eigenvalue weighted by molar-refractivity contribution is 0.669. The lowest BCUT2D eigenvalue weighted by atomic mass is 9.88. The van der Waals surface area contributed by atoms with E-state index in [1.54, 1.807) is 0 Å². The zero-order chi connectivity index (χ0) is 33.5. The van der Waals surface area contributed by atoms with Gasteiger partial charge in [-0.05, 0) is 78.5 Å². The molecule has 0 N–H and O–H groups in total. The first kappa shape index (κ1) is 28.0. The summed E-state index contributed by atoms with van der Waals surface area (Å²) in [5, 5.41) is 12.0. The van der Waals surface area contributed by atoms with E-state index in [1.807, 2.05) is 60.7 Å². The van der Waals surface area contributed by atoms with Crippen molar-refractivity contribution < 1.29 is 4.42 Å². The minimum absolute atomic E-state index is 0.640. The van der Waals surface area contributed by atoms with E-state index < -0.39 is 0 Å². The van der Waals surface area contributed by atoms with E-state index in [9.17, 15) is 0 Å². The summed E-state index contributed by atoms with van der Waals surface area (Å²) in [4.78, 5) is 15.0. The van der Waals surface area contributed by atoms with Crippen LogP contribution in [0.3, 0.4) is 0 Å². The number of hydrogen-bond acceptors (Lipinski definition) is 4. The SMILES string of the molecule is c1ccc(-c2nc(-c3ccccc3)nc(-c3ccc(-c4cc5oc6cccc7c8c9ccccc9ccc8c(c4)c5c67)c4ccccc34)n2)cc1. The highest BCUT2D eigenvalue weighted by atomic mass is 16.3. The molecule has 0 unspecified atom stereocenters. The number of nitrogens with zero attached hydrogens (tertiary/aromatic N) is 3. The Bertz CT molecular complexity index is 3070. The van der Waals surface area contributed by atoms with Crippen LogP contribution in [0.5, 0.6) is 0 Å². The molecule has 0 fully saturated rings. The second kappa shape index (κ2) is 10.8. The van der Waals surface area contributed by atoms with Crippen LogP contribution in [0.1, 0.15) is 0 Å². The fourth-order valence-electron chi connectivity index (χ4n) is 7.98. The van der Waals surface area contributed by atoms with Crippen LogP contribution in [0.2, 0.25) is 0 Å². The third-order valence-corrected chi connectivity index (χ3v) is 10.3. The van der Waals surface area contributed by atoms with Gasteiger partial charge in [-0.1, -0.05) is 140 Å². The van der Waals surface area contributed by atoms with Crippen LogP contribution in [0.25, 0.3) is 110 Å². The molecule has 11 rings (SSSR count). The molecule has 0 aliphatic carbocycles. The highest BCUT2D eigenvalue weighted by Gasteiger charge is 2.21. The Balaban J connectivity index is 1.17. The van der Waals surface area contributed by atoms with Gasteiger partial charge < -0.3 is 4.42 Å². The molecule has 0 aliphatic rings. The third kappa shape index (κ3) is 4.23. The lowest BCUT2D eigenvalue weighted by Gasteiger charge is -2.15.